The molecule has 2 aromatic carbocycles. The van der Waals surface area contributed by atoms with Crippen molar-refractivity contribution in [2.75, 3.05) is 13.2 Å². The SMILES string of the molecule is C[C@@H](NC=O)C(=O)NC/C=C/COc1ccc2c(c1)/C(=N\O)c1ccccc1-2. The van der Waals surface area contributed by atoms with Crippen molar-refractivity contribution in [3.8, 4) is 16.9 Å². The third kappa shape index (κ3) is 4.03. The van der Waals surface area contributed by atoms with Crippen LogP contribution in [0.2, 0.25) is 0 Å². The summed E-state index contributed by atoms with van der Waals surface area (Å²) in [6.07, 6.45) is 4.06. The number of amides is 2. The maximum absolute atomic E-state index is 11.6. The highest BCUT2D eigenvalue weighted by Crippen LogP contribution is 2.38. The van der Waals surface area contributed by atoms with Crippen LogP contribution in [0.1, 0.15) is 18.1 Å². The molecular formula is C21H21N3O4. The van der Waals surface area contributed by atoms with Crippen molar-refractivity contribution in [3.63, 3.8) is 0 Å². The van der Waals surface area contributed by atoms with Crippen molar-refractivity contribution in [2.45, 2.75) is 13.0 Å². The molecule has 0 unspecified atom stereocenters. The van der Waals surface area contributed by atoms with Crippen LogP contribution >= 0.6 is 0 Å². The molecule has 28 heavy (non-hydrogen) atoms. The number of carbonyl (C=O) groups is 2. The second-order valence-electron chi connectivity index (χ2n) is 6.24. The van der Waals surface area contributed by atoms with Gasteiger partial charge in [0, 0.05) is 17.7 Å². The molecule has 0 aliphatic heterocycles. The molecule has 0 saturated heterocycles. The van der Waals surface area contributed by atoms with Crippen molar-refractivity contribution in [3.05, 3.63) is 65.7 Å². The fourth-order valence-electron chi connectivity index (χ4n) is 3.01. The van der Waals surface area contributed by atoms with Crippen LogP contribution in [-0.2, 0) is 9.59 Å². The highest BCUT2D eigenvalue weighted by molar-refractivity contribution is 6.24. The Bertz CT molecular complexity index is 937. The number of oxime groups is 1. The first kappa shape index (κ1) is 19.2. The van der Waals surface area contributed by atoms with Crippen molar-refractivity contribution in [1.29, 1.82) is 0 Å². The average Bonchev–Trinajstić information content (AvgIpc) is 3.03. The van der Waals surface area contributed by atoms with Crippen LogP contribution in [0.5, 0.6) is 5.75 Å². The van der Waals surface area contributed by atoms with Gasteiger partial charge >= 0.3 is 0 Å². The highest BCUT2D eigenvalue weighted by Gasteiger charge is 2.25. The summed E-state index contributed by atoms with van der Waals surface area (Å²) in [5, 5.41) is 17.9. The van der Waals surface area contributed by atoms with Crippen LogP contribution in [0.15, 0.2) is 59.8 Å². The Balaban J connectivity index is 1.55. The van der Waals surface area contributed by atoms with E-state index in [1.807, 2.05) is 42.5 Å². The van der Waals surface area contributed by atoms with E-state index in [0.29, 0.717) is 31.0 Å². The zero-order valence-corrected chi connectivity index (χ0v) is 15.4. The Morgan fingerprint density at radius 1 is 1.14 bits per heavy atom. The van der Waals surface area contributed by atoms with Gasteiger partial charge in [0.25, 0.3) is 0 Å². The first-order chi connectivity index (χ1) is 13.7. The predicted molar refractivity (Wildman–Crippen MR) is 106 cm³/mol. The summed E-state index contributed by atoms with van der Waals surface area (Å²) in [5.41, 5.74) is 4.30. The van der Waals surface area contributed by atoms with Gasteiger partial charge in [-0.05, 0) is 42.3 Å². The number of hydrogen-bond acceptors (Lipinski definition) is 5. The van der Waals surface area contributed by atoms with Gasteiger partial charge in [-0.3, -0.25) is 9.59 Å². The smallest absolute Gasteiger partial charge is 0.242 e. The quantitative estimate of drug-likeness (QED) is 0.241. The zero-order chi connectivity index (χ0) is 19.9. The summed E-state index contributed by atoms with van der Waals surface area (Å²) in [6, 6.07) is 12.9. The molecule has 1 aliphatic carbocycles. The molecule has 1 aliphatic rings. The molecule has 0 spiro atoms. The molecule has 0 radical (unpaired) electrons. The Morgan fingerprint density at radius 2 is 1.89 bits per heavy atom. The van der Waals surface area contributed by atoms with E-state index in [4.69, 9.17) is 4.74 Å². The Morgan fingerprint density at radius 3 is 2.64 bits per heavy atom. The zero-order valence-electron chi connectivity index (χ0n) is 15.4. The van der Waals surface area contributed by atoms with E-state index in [0.717, 1.165) is 22.3 Å². The number of ether oxygens (including phenoxy) is 1. The minimum atomic E-state index is -0.569. The summed E-state index contributed by atoms with van der Waals surface area (Å²) < 4.78 is 5.72. The summed E-state index contributed by atoms with van der Waals surface area (Å²) in [6.45, 7) is 2.27. The van der Waals surface area contributed by atoms with Gasteiger partial charge in [0.2, 0.25) is 12.3 Å². The molecule has 7 heteroatoms. The van der Waals surface area contributed by atoms with Crippen LogP contribution in [0, 0.1) is 0 Å². The van der Waals surface area contributed by atoms with Crippen molar-refractivity contribution >= 4 is 18.0 Å². The minimum Gasteiger partial charge on any atom is -0.490 e. The van der Waals surface area contributed by atoms with Gasteiger partial charge in [-0.25, -0.2) is 0 Å². The molecule has 3 N–H and O–H groups in total. The van der Waals surface area contributed by atoms with Gasteiger partial charge in [0.1, 0.15) is 24.1 Å². The summed E-state index contributed by atoms with van der Waals surface area (Å²) in [7, 11) is 0. The third-order valence-electron chi connectivity index (χ3n) is 4.44. The number of nitrogens with one attached hydrogen (secondary N) is 2. The maximum atomic E-state index is 11.6. The van der Waals surface area contributed by atoms with E-state index in [9.17, 15) is 14.8 Å². The Labute approximate surface area is 162 Å². The molecule has 0 heterocycles. The van der Waals surface area contributed by atoms with Crippen LogP contribution in [0.4, 0.5) is 0 Å². The molecule has 0 saturated carbocycles. The van der Waals surface area contributed by atoms with E-state index in [-0.39, 0.29) is 5.91 Å². The molecule has 3 rings (SSSR count). The lowest BCUT2D eigenvalue weighted by Gasteiger charge is -2.09. The van der Waals surface area contributed by atoms with Crippen LogP contribution < -0.4 is 15.4 Å². The molecular weight excluding hydrogens is 358 g/mol. The number of hydrogen-bond donors (Lipinski definition) is 3. The minimum absolute atomic E-state index is 0.258. The fraction of sp³-hybridized carbons (Fsp3) is 0.190. The first-order valence-corrected chi connectivity index (χ1v) is 8.87. The van der Waals surface area contributed by atoms with E-state index < -0.39 is 6.04 Å². The molecule has 1 atom stereocenters. The largest absolute Gasteiger partial charge is 0.490 e. The maximum Gasteiger partial charge on any atom is 0.242 e. The van der Waals surface area contributed by atoms with Crippen LogP contribution in [0.25, 0.3) is 11.1 Å². The monoisotopic (exact) mass is 379 g/mol. The van der Waals surface area contributed by atoms with Gasteiger partial charge in [-0.15, -0.1) is 0 Å². The number of carbonyl (C=O) groups excluding carboxylic acids is 2. The molecule has 2 aromatic rings. The van der Waals surface area contributed by atoms with Gasteiger partial charge in [-0.2, -0.15) is 0 Å². The van der Waals surface area contributed by atoms with Crippen molar-refractivity contribution < 1.29 is 19.5 Å². The number of benzene rings is 2. The molecule has 0 fully saturated rings. The standard InChI is InChI=1S/C21H21N3O4/c1-14(23-13-25)21(26)22-10-4-5-11-28-15-8-9-17-16-6-2-3-7-18(16)20(24-27)19(17)12-15/h2-9,12-14,27H,10-11H2,1H3,(H,22,26)(H,23,25)/b5-4+,24-20-/t14-/m1/s1. The van der Waals surface area contributed by atoms with E-state index in [1.54, 1.807) is 19.1 Å². The number of rotatable bonds is 8. The van der Waals surface area contributed by atoms with Crippen LogP contribution in [-0.4, -0.2) is 42.4 Å². The van der Waals surface area contributed by atoms with Gasteiger partial charge < -0.3 is 20.6 Å². The van der Waals surface area contributed by atoms with E-state index in [2.05, 4.69) is 15.8 Å². The Hall–Kier alpha value is -3.61. The molecule has 144 valence electrons. The van der Waals surface area contributed by atoms with Crippen LogP contribution in [0.3, 0.4) is 0 Å². The molecule has 0 bridgehead atoms. The first-order valence-electron chi connectivity index (χ1n) is 8.87. The van der Waals surface area contributed by atoms with E-state index >= 15 is 0 Å². The van der Waals surface area contributed by atoms with Crippen molar-refractivity contribution in [1.82, 2.24) is 10.6 Å². The lowest BCUT2D eigenvalue weighted by molar-refractivity contribution is -0.124. The molecule has 0 aromatic heterocycles. The fourth-order valence-corrected chi connectivity index (χ4v) is 3.01. The summed E-state index contributed by atoms with van der Waals surface area (Å²) in [4.78, 5) is 21.9. The lowest BCUT2D eigenvalue weighted by atomic mass is 10.1. The van der Waals surface area contributed by atoms with Crippen molar-refractivity contribution in [2.24, 2.45) is 5.16 Å². The normalized spacial score (nSPS) is 14.4. The summed E-state index contributed by atoms with van der Waals surface area (Å²) in [5.74, 6) is 0.400. The molecule has 2 amide bonds. The second-order valence-corrected chi connectivity index (χ2v) is 6.24. The van der Waals surface area contributed by atoms with Gasteiger partial charge in [-0.1, -0.05) is 35.5 Å². The lowest BCUT2D eigenvalue weighted by Crippen LogP contribution is -2.41. The second kappa shape index (κ2) is 8.85. The third-order valence-corrected chi connectivity index (χ3v) is 4.44. The highest BCUT2D eigenvalue weighted by atomic mass is 16.5. The van der Waals surface area contributed by atoms with Gasteiger partial charge in [0.05, 0.1) is 0 Å². The topological polar surface area (TPSA) is 100 Å². The molecule has 7 nitrogen and oxygen atoms in total. The summed E-state index contributed by atoms with van der Waals surface area (Å²) >= 11 is 0. The number of fused-ring (bicyclic) bond motifs is 3. The van der Waals surface area contributed by atoms with E-state index in [1.165, 1.54) is 0 Å². The Kier molecular flexibility index (Phi) is 6.06. The predicted octanol–water partition coefficient (Wildman–Crippen LogP) is 2.08. The number of nitrogens with zero attached hydrogens (tertiary/aromatic N) is 1. The van der Waals surface area contributed by atoms with Gasteiger partial charge in [0.15, 0.2) is 0 Å². The average molecular weight is 379 g/mol.